The quantitative estimate of drug-likeness (QED) is 0.322. The van der Waals surface area contributed by atoms with Crippen molar-refractivity contribution in [2.24, 2.45) is 0 Å². The fourth-order valence-corrected chi connectivity index (χ4v) is 4.42. The third-order valence-electron chi connectivity index (χ3n) is 5.39. The van der Waals surface area contributed by atoms with Crippen LogP contribution in [0, 0.1) is 6.92 Å². The Morgan fingerprint density at radius 2 is 1.59 bits per heavy atom. The average molecular weight is 467 g/mol. The van der Waals surface area contributed by atoms with Gasteiger partial charge in [0.15, 0.2) is 0 Å². The fraction of sp³-hybridized carbons (Fsp3) is 0.0741. The highest BCUT2D eigenvalue weighted by Crippen LogP contribution is 2.28. The summed E-state index contributed by atoms with van der Waals surface area (Å²) in [5.74, 6) is 1.17. The predicted molar refractivity (Wildman–Crippen MR) is 136 cm³/mol. The van der Waals surface area contributed by atoms with E-state index in [9.17, 15) is 4.79 Å². The molecule has 0 unspecified atom stereocenters. The number of methoxy groups -OCH3 is 1. The summed E-state index contributed by atoms with van der Waals surface area (Å²) in [5, 5.41) is 10.2. The third-order valence-corrected chi connectivity index (χ3v) is 6.20. The monoisotopic (exact) mass is 466 g/mol. The number of aromatic nitrogens is 3. The smallest absolute Gasteiger partial charge is 0.256 e. The van der Waals surface area contributed by atoms with Crippen molar-refractivity contribution in [3.63, 3.8) is 0 Å². The summed E-state index contributed by atoms with van der Waals surface area (Å²) in [6.45, 7) is 1.89. The van der Waals surface area contributed by atoms with Crippen LogP contribution in [-0.2, 0) is 0 Å². The zero-order valence-electron chi connectivity index (χ0n) is 18.7. The number of hydrogen-bond acceptors (Lipinski definition) is 5. The molecule has 6 nitrogen and oxygen atoms in total. The number of anilines is 1. The molecule has 168 valence electrons. The lowest BCUT2D eigenvalue weighted by Crippen LogP contribution is -2.15. The predicted octanol–water partition coefficient (Wildman–Crippen LogP) is 6.23. The lowest BCUT2D eigenvalue weighted by atomic mass is 10.0. The molecule has 0 radical (unpaired) electrons. The number of ether oxygens (including phenoxy) is 1. The standard InChI is InChI=1S/C27H22N4O2S/c1-18-16-25(29-26(32)22-10-8-20(9-11-22)19-6-4-3-5-7-19)31(30-18)27-28-24(17-34-27)21-12-14-23(33-2)15-13-21/h3-17H,1-2H3,(H,29,32). The number of carbonyl (C=O) groups is 1. The topological polar surface area (TPSA) is 69.0 Å². The summed E-state index contributed by atoms with van der Waals surface area (Å²) in [4.78, 5) is 17.7. The van der Waals surface area contributed by atoms with E-state index in [1.54, 1.807) is 11.8 Å². The highest BCUT2D eigenvalue weighted by atomic mass is 32.1. The van der Waals surface area contributed by atoms with E-state index in [0.29, 0.717) is 16.5 Å². The molecule has 1 amide bonds. The van der Waals surface area contributed by atoms with Crippen molar-refractivity contribution in [3.05, 3.63) is 102 Å². The van der Waals surface area contributed by atoms with Gasteiger partial charge in [0.25, 0.3) is 5.91 Å². The lowest BCUT2D eigenvalue weighted by molar-refractivity contribution is 0.102. The Kier molecular flexibility index (Phi) is 5.93. The Balaban J connectivity index is 1.36. The minimum atomic E-state index is -0.201. The van der Waals surface area contributed by atoms with Gasteiger partial charge in [0.05, 0.1) is 18.5 Å². The van der Waals surface area contributed by atoms with Crippen LogP contribution in [0.5, 0.6) is 5.75 Å². The lowest BCUT2D eigenvalue weighted by Gasteiger charge is -2.08. The van der Waals surface area contributed by atoms with Crippen molar-refractivity contribution in [2.75, 3.05) is 12.4 Å². The molecule has 3 aromatic carbocycles. The molecule has 0 aliphatic rings. The van der Waals surface area contributed by atoms with Gasteiger partial charge in [-0.05, 0) is 54.4 Å². The van der Waals surface area contributed by atoms with Crippen molar-refractivity contribution in [1.29, 1.82) is 0 Å². The molecule has 0 saturated carbocycles. The molecule has 0 saturated heterocycles. The van der Waals surface area contributed by atoms with Crippen molar-refractivity contribution >= 4 is 23.1 Å². The minimum Gasteiger partial charge on any atom is -0.497 e. The van der Waals surface area contributed by atoms with E-state index >= 15 is 0 Å². The largest absolute Gasteiger partial charge is 0.497 e. The summed E-state index contributed by atoms with van der Waals surface area (Å²) in [6, 6.07) is 27.2. The van der Waals surface area contributed by atoms with E-state index in [4.69, 9.17) is 9.72 Å². The van der Waals surface area contributed by atoms with E-state index in [0.717, 1.165) is 33.8 Å². The molecule has 1 N–H and O–H groups in total. The Morgan fingerprint density at radius 3 is 2.29 bits per heavy atom. The van der Waals surface area contributed by atoms with E-state index in [1.165, 1.54) is 11.3 Å². The first-order chi connectivity index (χ1) is 16.6. The Labute approximate surface area is 201 Å². The number of thiazole rings is 1. The molecule has 0 spiro atoms. The number of nitrogens with zero attached hydrogens (tertiary/aromatic N) is 3. The van der Waals surface area contributed by atoms with Gasteiger partial charge in [-0.1, -0.05) is 42.5 Å². The average Bonchev–Trinajstić information content (AvgIpc) is 3.51. The summed E-state index contributed by atoms with van der Waals surface area (Å²) >= 11 is 1.46. The minimum absolute atomic E-state index is 0.201. The van der Waals surface area contributed by atoms with Gasteiger partial charge in [0.1, 0.15) is 11.6 Å². The zero-order chi connectivity index (χ0) is 23.5. The third kappa shape index (κ3) is 4.46. The highest BCUT2D eigenvalue weighted by Gasteiger charge is 2.15. The number of carbonyl (C=O) groups excluding carboxylic acids is 1. The first-order valence-electron chi connectivity index (χ1n) is 10.7. The molecule has 0 fully saturated rings. The Hall–Kier alpha value is -4.23. The van der Waals surface area contributed by atoms with Gasteiger partial charge in [-0.2, -0.15) is 9.78 Å². The molecule has 7 heteroatoms. The van der Waals surface area contributed by atoms with Crippen LogP contribution in [0.15, 0.2) is 90.3 Å². The molecular weight excluding hydrogens is 444 g/mol. The van der Waals surface area contributed by atoms with Gasteiger partial charge in [-0.3, -0.25) is 4.79 Å². The number of benzene rings is 3. The van der Waals surface area contributed by atoms with Crippen LogP contribution >= 0.6 is 11.3 Å². The first-order valence-corrected chi connectivity index (χ1v) is 11.6. The maximum Gasteiger partial charge on any atom is 0.256 e. The number of hydrogen-bond donors (Lipinski definition) is 1. The second-order valence-electron chi connectivity index (χ2n) is 7.72. The van der Waals surface area contributed by atoms with Crippen molar-refractivity contribution < 1.29 is 9.53 Å². The first kappa shape index (κ1) is 21.6. The van der Waals surface area contributed by atoms with Gasteiger partial charge in [0.2, 0.25) is 5.13 Å². The number of amides is 1. The zero-order valence-corrected chi connectivity index (χ0v) is 19.5. The van der Waals surface area contributed by atoms with E-state index in [2.05, 4.69) is 10.4 Å². The molecule has 0 aliphatic carbocycles. The summed E-state index contributed by atoms with van der Waals surface area (Å²) in [7, 11) is 1.64. The van der Waals surface area contributed by atoms with E-state index in [1.807, 2.05) is 97.2 Å². The summed E-state index contributed by atoms with van der Waals surface area (Å²) < 4.78 is 6.90. The van der Waals surface area contributed by atoms with Crippen LogP contribution in [0.4, 0.5) is 5.82 Å². The molecule has 0 atom stereocenters. The van der Waals surface area contributed by atoms with Crippen molar-refractivity contribution in [2.45, 2.75) is 6.92 Å². The van der Waals surface area contributed by atoms with Gasteiger partial charge in [0, 0.05) is 22.6 Å². The van der Waals surface area contributed by atoms with Crippen molar-refractivity contribution in [1.82, 2.24) is 14.8 Å². The van der Waals surface area contributed by atoms with Crippen molar-refractivity contribution in [3.8, 4) is 33.3 Å². The van der Waals surface area contributed by atoms with Gasteiger partial charge >= 0.3 is 0 Å². The molecule has 2 heterocycles. The van der Waals surface area contributed by atoms with Gasteiger partial charge in [-0.15, -0.1) is 11.3 Å². The molecular formula is C27H22N4O2S. The molecule has 0 bridgehead atoms. The van der Waals surface area contributed by atoms with E-state index in [-0.39, 0.29) is 5.91 Å². The Bertz CT molecular complexity index is 1420. The summed E-state index contributed by atoms with van der Waals surface area (Å²) in [5.41, 5.74) is 5.35. The van der Waals surface area contributed by atoms with Gasteiger partial charge in [-0.25, -0.2) is 4.98 Å². The van der Waals surface area contributed by atoms with Crippen LogP contribution in [0.25, 0.3) is 27.5 Å². The molecule has 34 heavy (non-hydrogen) atoms. The maximum absolute atomic E-state index is 13.0. The van der Waals surface area contributed by atoms with Crippen LogP contribution in [0.3, 0.4) is 0 Å². The van der Waals surface area contributed by atoms with Gasteiger partial charge < -0.3 is 10.1 Å². The molecule has 0 aliphatic heterocycles. The Morgan fingerprint density at radius 1 is 0.912 bits per heavy atom. The highest BCUT2D eigenvalue weighted by molar-refractivity contribution is 7.12. The second-order valence-corrected chi connectivity index (χ2v) is 8.56. The molecule has 2 aromatic heterocycles. The number of rotatable bonds is 6. The molecule has 5 rings (SSSR count). The fourth-order valence-electron chi connectivity index (χ4n) is 3.62. The molecule has 5 aromatic rings. The summed E-state index contributed by atoms with van der Waals surface area (Å²) in [6.07, 6.45) is 0. The maximum atomic E-state index is 13.0. The van der Waals surface area contributed by atoms with Crippen LogP contribution in [0.2, 0.25) is 0 Å². The second kappa shape index (κ2) is 9.33. The number of aryl methyl sites for hydroxylation is 1. The number of nitrogens with one attached hydrogen (secondary N) is 1. The normalized spacial score (nSPS) is 10.8. The SMILES string of the molecule is COc1ccc(-c2csc(-n3nc(C)cc3NC(=O)c3ccc(-c4ccccc4)cc3)n2)cc1. The van der Waals surface area contributed by atoms with E-state index < -0.39 is 0 Å². The van der Waals surface area contributed by atoms with Crippen LogP contribution in [-0.4, -0.2) is 27.8 Å². The van der Waals surface area contributed by atoms with Crippen LogP contribution < -0.4 is 10.1 Å². The van der Waals surface area contributed by atoms with Crippen LogP contribution in [0.1, 0.15) is 16.1 Å².